The maximum Gasteiger partial charge on any atom is 0.0443 e. The molecule has 0 fully saturated rings. The van der Waals surface area contributed by atoms with Crippen molar-refractivity contribution in [3.8, 4) is 0 Å². The molecule has 2 aromatic carbocycles. The molecule has 0 aliphatic rings. The van der Waals surface area contributed by atoms with E-state index in [0.29, 0.717) is 5.54 Å². The highest BCUT2D eigenvalue weighted by molar-refractivity contribution is 6.58. The standard InChI is InChI=1S/C15H18Si/c1-16(2)15(13-9-5-3-6-10-13)14-11-7-4-8-12-14/h3-12,15-16H,1-2H3. The number of benzene rings is 2. The fourth-order valence-corrected chi connectivity index (χ4v) is 4.27. The van der Waals surface area contributed by atoms with Gasteiger partial charge in [-0.1, -0.05) is 73.8 Å². The summed E-state index contributed by atoms with van der Waals surface area (Å²) >= 11 is 0. The molecule has 0 spiro atoms. The minimum atomic E-state index is -0.739. The Morgan fingerprint density at radius 3 is 1.38 bits per heavy atom. The van der Waals surface area contributed by atoms with Crippen LogP contribution in [-0.2, 0) is 0 Å². The van der Waals surface area contributed by atoms with Gasteiger partial charge in [0.15, 0.2) is 0 Å². The average molecular weight is 226 g/mol. The first kappa shape index (κ1) is 11.2. The third-order valence-corrected chi connectivity index (χ3v) is 5.09. The van der Waals surface area contributed by atoms with Crippen LogP contribution in [0.25, 0.3) is 0 Å². The number of rotatable bonds is 3. The van der Waals surface area contributed by atoms with Gasteiger partial charge >= 0.3 is 0 Å². The molecule has 1 heteroatoms. The van der Waals surface area contributed by atoms with E-state index in [0.717, 1.165) is 0 Å². The van der Waals surface area contributed by atoms with Crippen LogP contribution >= 0.6 is 0 Å². The average Bonchev–Trinajstić information content (AvgIpc) is 2.31. The molecule has 0 nitrogen and oxygen atoms in total. The monoisotopic (exact) mass is 226 g/mol. The van der Waals surface area contributed by atoms with Gasteiger partial charge in [-0.2, -0.15) is 0 Å². The van der Waals surface area contributed by atoms with Crippen LogP contribution in [0.5, 0.6) is 0 Å². The summed E-state index contributed by atoms with van der Waals surface area (Å²) in [4.78, 5) is 0. The first-order valence-corrected chi connectivity index (χ1v) is 8.86. The van der Waals surface area contributed by atoms with Gasteiger partial charge in [-0.05, 0) is 11.1 Å². The van der Waals surface area contributed by atoms with Crippen molar-refractivity contribution < 1.29 is 0 Å². The fourth-order valence-electron chi connectivity index (χ4n) is 2.28. The van der Waals surface area contributed by atoms with Crippen molar-refractivity contribution in [3.63, 3.8) is 0 Å². The molecule has 0 bridgehead atoms. The van der Waals surface area contributed by atoms with E-state index in [2.05, 4.69) is 73.8 Å². The summed E-state index contributed by atoms with van der Waals surface area (Å²) in [5, 5.41) is 0. The summed E-state index contributed by atoms with van der Waals surface area (Å²) in [7, 11) is -0.739. The van der Waals surface area contributed by atoms with Crippen molar-refractivity contribution in [3.05, 3.63) is 71.8 Å². The van der Waals surface area contributed by atoms with Crippen LogP contribution in [-0.4, -0.2) is 8.80 Å². The van der Waals surface area contributed by atoms with E-state index >= 15 is 0 Å². The second-order valence-corrected chi connectivity index (χ2v) is 7.70. The first-order chi connectivity index (χ1) is 7.79. The third-order valence-electron chi connectivity index (χ3n) is 2.98. The van der Waals surface area contributed by atoms with E-state index in [1.165, 1.54) is 11.1 Å². The van der Waals surface area contributed by atoms with Crippen molar-refractivity contribution in [1.82, 2.24) is 0 Å². The van der Waals surface area contributed by atoms with Gasteiger partial charge in [0.25, 0.3) is 0 Å². The lowest BCUT2D eigenvalue weighted by molar-refractivity contribution is 1.10. The first-order valence-electron chi connectivity index (χ1n) is 5.89. The molecular formula is C15H18Si. The molecule has 0 N–H and O–H groups in total. The Hall–Kier alpha value is -1.34. The van der Waals surface area contributed by atoms with Gasteiger partial charge in [0.2, 0.25) is 0 Å². The minimum Gasteiger partial charge on any atom is -0.0714 e. The van der Waals surface area contributed by atoms with E-state index in [1.807, 2.05) is 0 Å². The molecule has 0 radical (unpaired) electrons. The lowest BCUT2D eigenvalue weighted by Gasteiger charge is -2.21. The minimum absolute atomic E-state index is 0.641. The fraction of sp³-hybridized carbons (Fsp3) is 0.200. The van der Waals surface area contributed by atoms with Crippen LogP contribution < -0.4 is 0 Å². The molecule has 2 aromatic rings. The van der Waals surface area contributed by atoms with Crippen LogP contribution in [0.4, 0.5) is 0 Å². The molecule has 0 aliphatic carbocycles. The zero-order valence-corrected chi connectivity index (χ0v) is 11.1. The number of hydrogen-bond donors (Lipinski definition) is 0. The summed E-state index contributed by atoms with van der Waals surface area (Å²) in [6, 6.07) is 21.8. The normalized spacial score (nSPS) is 11.0. The molecule has 0 saturated carbocycles. The maximum absolute atomic E-state index is 2.42. The Kier molecular flexibility index (Phi) is 3.57. The maximum atomic E-state index is 2.42. The van der Waals surface area contributed by atoms with Gasteiger partial charge < -0.3 is 0 Å². The summed E-state index contributed by atoms with van der Waals surface area (Å²) in [6.45, 7) is 4.84. The SMILES string of the molecule is C[SiH](C)C(c1ccccc1)c1ccccc1. The molecule has 16 heavy (non-hydrogen) atoms. The quantitative estimate of drug-likeness (QED) is 0.698. The Morgan fingerprint density at radius 1 is 0.688 bits per heavy atom. The Labute approximate surface area is 99.6 Å². The predicted octanol–water partition coefficient (Wildman–Crippen LogP) is 3.84. The molecule has 0 aliphatic heterocycles. The van der Waals surface area contributed by atoms with E-state index in [9.17, 15) is 0 Å². The lowest BCUT2D eigenvalue weighted by Crippen LogP contribution is -2.17. The van der Waals surface area contributed by atoms with Crippen molar-refractivity contribution >= 4 is 8.80 Å². The van der Waals surface area contributed by atoms with Crippen molar-refractivity contribution in [1.29, 1.82) is 0 Å². The Balaban J connectivity index is 2.40. The van der Waals surface area contributed by atoms with E-state index in [1.54, 1.807) is 0 Å². The van der Waals surface area contributed by atoms with Gasteiger partial charge in [-0.15, -0.1) is 0 Å². The molecule has 0 saturated heterocycles. The Bertz CT molecular complexity index is 380. The zero-order valence-electron chi connectivity index (χ0n) is 9.93. The zero-order chi connectivity index (χ0) is 11.4. The van der Waals surface area contributed by atoms with E-state index in [-0.39, 0.29) is 0 Å². The molecule has 2 rings (SSSR count). The lowest BCUT2D eigenvalue weighted by atomic mass is 10.0. The van der Waals surface area contributed by atoms with Crippen molar-refractivity contribution in [2.75, 3.05) is 0 Å². The molecule has 0 heterocycles. The smallest absolute Gasteiger partial charge is 0.0443 e. The highest BCUT2D eigenvalue weighted by Crippen LogP contribution is 2.26. The second-order valence-electron chi connectivity index (χ2n) is 4.54. The van der Waals surface area contributed by atoms with Crippen LogP contribution in [0.15, 0.2) is 60.7 Å². The highest BCUT2D eigenvalue weighted by atomic mass is 28.3. The highest BCUT2D eigenvalue weighted by Gasteiger charge is 2.17. The summed E-state index contributed by atoms with van der Waals surface area (Å²) in [5.74, 6) is 0. The third kappa shape index (κ3) is 2.42. The van der Waals surface area contributed by atoms with Crippen molar-refractivity contribution in [2.45, 2.75) is 18.6 Å². The van der Waals surface area contributed by atoms with Gasteiger partial charge in [0.1, 0.15) is 0 Å². The van der Waals surface area contributed by atoms with E-state index < -0.39 is 8.80 Å². The van der Waals surface area contributed by atoms with Crippen LogP contribution in [0.2, 0.25) is 13.1 Å². The van der Waals surface area contributed by atoms with E-state index in [4.69, 9.17) is 0 Å². The summed E-state index contributed by atoms with van der Waals surface area (Å²) in [5.41, 5.74) is 3.58. The molecule has 0 unspecified atom stereocenters. The second kappa shape index (κ2) is 5.13. The molecular weight excluding hydrogens is 208 g/mol. The molecule has 0 aromatic heterocycles. The Morgan fingerprint density at radius 2 is 1.06 bits per heavy atom. The predicted molar refractivity (Wildman–Crippen MR) is 73.6 cm³/mol. The summed E-state index contributed by atoms with van der Waals surface area (Å²) in [6.07, 6.45) is 0. The molecule has 82 valence electrons. The topological polar surface area (TPSA) is 0 Å². The van der Waals surface area contributed by atoms with Gasteiger partial charge in [0.05, 0.1) is 0 Å². The number of hydrogen-bond acceptors (Lipinski definition) is 0. The van der Waals surface area contributed by atoms with Gasteiger partial charge in [-0.3, -0.25) is 0 Å². The molecule has 0 atom stereocenters. The molecule has 0 amide bonds. The van der Waals surface area contributed by atoms with Crippen LogP contribution in [0.1, 0.15) is 16.7 Å². The summed E-state index contributed by atoms with van der Waals surface area (Å²) < 4.78 is 0. The van der Waals surface area contributed by atoms with Gasteiger partial charge in [-0.25, -0.2) is 0 Å². The largest absolute Gasteiger partial charge is 0.0714 e. The van der Waals surface area contributed by atoms with Crippen LogP contribution in [0, 0.1) is 0 Å². The van der Waals surface area contributed by atoms with Crippen molar-refractivity contribution in [2.24, 2.45) is 0 Å². The van der Waals surface area contributed by atoms with Gasteiger partial charge in [0, 0.05) is 14.3 Å². The van der Waals surface area contributed by atoms with Crippen LogP contribution in [0.3, 0.4) is 0 Å².